The molecule has 0 saturated heterocycles. The molecule has 0 aliphatic heterocycles. The molecular weight excluding hydrogens is 156 g/mol. The Morgan fingerprint density at radius 2 is 2.55 bits per heavy atom. The van der Waals surface area contributed by atoms with E-state index in [2.05, 4.69) is 29.9 Å². The minimum absolute atomic E-state index is 0.897. The smallest absolute Gasteiger partial charge is 0.0603 e. The second-order valence-electron chi connectivity index (χ2n) is 2.29. The molecule has 2 nitrogen and oxygen atoms in total. The van der Waals surface area contributed by atoms with E-state index in [1.165, 1.54) is 0 Å². The van der Waals surface area contributed by atoms with Crippen molar-refractivity contribution < 1.29 is 0 Å². The Morgan fingerprint density at radius 3 is 3.09 bits per heavy atom. The van der Waals surface area contributed by atoms with Crippen molar-refractivity contribution in [1.82, 2.24) is 9.78 Å². The number of aromatic nitrogens is 2. The maximum Gasteiger partial charge on any atom is 0.0603 e. The second kappa shape index (κ2) is 4.23. The van der Waals surface area contributed by atoms with Gasteiger partial charge in [0.15, 0.2) is 0 Å². The van der Waals surface area contributed by atoms with Crippen molar-refractivity contribution in [3.05, 3.63) is 24.0 Å². The molecule has 0 saturated carbocycles. The first-order valence-electron chi connectivity index (χ1n) is 3.60. The van der Waals surface area contributed by atoms with E-state index >= 15 is 0 Å². The molecule has 1 aromatic rings. The largest absolute Gasteiger partial charge is 0.269 e. The van der Waals surface area contributed by atoms with Crippen LogP contribution in [0.25, 0.3) is 6.08 Å². The van der Waals surface area contributed by atoms with Gasteiger partial charge in [-0.15, -0.1) is 0 Å². The van der Waals surface area contributed by atoms with Gasteiger partial charge in [-0.05, 0) is 24.3 Å². The van der Waals surface area contributed by atoms with E-state index in [4.69, 9.17) is 0 Å². The molecule has 0 N–H and O–H groups in total. The molecule has 60 valence electrons. The molecule has 1 rings (SSSR count). The third-order valence-corrected chi connectivity index (χ3v) is 1.70. The van der Waals surface area contributed by atoms with Crippen LogP contribution in [-0.4, -0.2) is 15.5 Å². The topological polar surface area (TPSA) is 17.8 Å². The zero-order valence-electron chi connectivity index (χ0n) is 6.57. The van der Waals surface area contributed by atoms with E-state index in [0.717, 1.165) is 17.9 Å². The maximum absolute atomic E-state index is 4.10. The van der Waals surface area contributed by atoms with Crippen LogP contribution in [0.15, 0.2) is 18.3 Å². The first kappa shape index (κ1) is 8.40. The number of aryl methyl sites for hydroxylation is 1. The van der Waals surface area contributed by atoms with E-state index in [1.807, 2.05) is 17.8 Å². The van der Waals surface area contributed by atoms with Crippen molar-refractivity contribution in [2.24, 2.45) is 7.05 Å². The molecule has 3 heteroatoms. The van der Waals surface area contributed by atoms with Gasteiger partial charge in [0.05, 0.1) is 5.69 Å². The SMILES string of the molecule is Cn1nccc1C=CCCS. The fourth-order valence-corrected chi connectivity index (χ4v) is 0.975. The van der Waals surface area contributed by atoms with E-state index in [-0.39, 0.29) is 0 Å². The predicted molar refractivity (Wildman–Crippen MR) is 50.7 cm³/mol. The van der Waals surface area contributed by atoms with Gasteiger partial charge in [-0.3, -0.25) is 4.68 Å². The lowest BCUT2D eigenvalue weighted by Crippen LogP contribution is -1.91. The summed E-state index contributed by atoms with van der Waals surface area (Å²) in [5.41, 5.74) is 1.13. The molecular formula is C8H12N2S. The van der Waals surface area contributed by atoms with Gasteiger partial charge in [-0.1, -0.05) is 6.08 Å². The molecule has 1 heterocycles. The molecule has 0 aliphatic rings. The van der Waals surface area contributed by atoms with Gasteiger partial charge in [0.25, 0.3) is 0 Å². The monoisotopic (exact) mass is 168 g/mol. The highest BCUT2D eigenvalue weighted by molar-refractivity contribution is 7.80. The summed E-state index contributed by atoms with van der Waals surface area (Å²) in [7, 11) is 1.93. The van der Waals surface area contributed by atoms with Crippen LogP contribution in [0.5, 0.6) is 0 Å². The molecule has 11 heavy (non-hydrogen) atoms. The Balaban J connectivity index is 2.56. The van der Waals surface area contributed by atoms with Crippen molar-refractivity contribution in [3.8, 4) is 0 Å². The molecule has 1 aromatic heterocycles. The van der Waals surface area contributed by atoms with E-state index in [1.54, 1.807) is 6.20 Å². The molecule has 0 aromatic carbocycles. The van der Waals surface area contributed by atoms with Crippen LogP contribution in [0.3, 0.4) is 0 Å². The van der Waals surface area contributed by atoms with Gasteiger partial charge >= 0.3 is 0 Å². The zero-order chi connectivity index (χ0) is 8.10. The number of hydrogen-bond donors (Lipinski definition) is 1. The van der Waals surface area contributed by atoms with Gasteiger partial charge in [0, 0.05) is 13.2 Å². The lowest BCUT2D eigenvalue weighted by molar-refractivity contribution is 0.759. The van der Waals surface area contributed by atoms with Crippen LogP contribution in [0.4, 0.5) is 0 Å². The molecule has 0 fully saturated rings. The Kier molecular flexibility index (Phi) is 3.23. The summed E-state index contributed by atoms with van der Waals surface area (Å²) in [6.45, 7) is 0. The van der Waals surface area contributed by atoms with Gasteiger partial charge < -0.3 is 0 Å². The third kappa shape index (κ3) is 2.42. The summed E-state index contributed by atoms with van der Waals surface area (Å²) in [5, 5.41) is 4.04. The number of hydrogen-bond acceptors (Lipinski definition) is 2. The van der Waals surface area contributed by atoms with Crippen LogP contribution in [-0.2, 0) is 7.05 Å². The predicted octanol–water partition coefficient (Wildman–Crippen LogP) is 1.75. The zero-order valence-corrected chi connectivity index (χ0v) is 7.46. The summed E-state index contributed by atoms with van der Waals surface area (Å²) >= 11 is 4.10. The lowest BCUT2D eigenvalue weighted by Gasteiger charge is -1.92. The average molecular weight is 168 g/mol. The molecule has 0 amide bonds. The molecule has 0 radical (unpaired) electrons. The van der Waals surface area contributed by atoms with Crippen molar-refractivity contribution in [2.75, 3.05) is 5.75 Å². The fraction of sp³-hybridized carbons (Fsp3) is 0.375. The lowest BCUT2D eigenvalue weighted by atomic mass is 10.3. The summed E-state index contributed by atoms with van der Waals surface area (Å²) in [5.74, 6) is 0.897. The number of thiol groups is 1. The summed E-state index contributed by atoms with van der Waals surface area (Å²) < 4.78 is 1.84. The minimum Gasteiger partial charge on any atom is -0.269 e. The van der Waals surface area contributed by atoms with Crippen molar-refractivity contribution in [1.29, 1.82) is 0 Å². The Bertz CT molecular complexity index is 240. The van der Waals surface area contributed by atoms with Crippen LogP contribution >= 0.6 is 12.6 Å². The third-order valence-electron chi connectivity index (χ3n) is 1.44. The molecule has 0 atom stereocenters. The van der Waals surface area contributed by atoms with Gasteiger partial charge in [0.1, 0.15) is 0 Å². The standard InChI is InChI=1S/C8H12N2S/c1-10-8(5-6-9-10)4-2-3-7-11/h2,4-6,11H,3,7H2,1H3. The average Bonchev–Trinajstić information content (AvgIpc) is 2.37. The summed E-state index contributed by atoms with van der Waals surface area (Å²) in [6, 6.07) is 1.98. The van der Waals surface area contributed by atoms with E-state index in [0.29, 0.717) is 0 Å². The highest BCUT2D eigenvalue weighted by Crippen LogP contribution is 2.00. The van der Waals surface area contributed by atoms with Crippen molar-refractivity contribution >= 4 is 18.7 Å². The number of nitrogens with zero attached hydrogens (tertiary/aromatic N) is 2. The highest BCUT2D eigenvalue weighted by Gasteiger charge is 1.89. The normalized spacial score (nSPS) is 11.1. The molecule has 0 spiro atoms. The van der Waals surface area contributed by atoms with Gasteiger partial charge in [0.2, 0.25) is 0 Å². The van der Waals surface area contributed by atoms with Crippen LogP contribution in [0.2, 0.25) is 0 Å². The van der Waals surface area contributed by atoms with Gasteiger partial charge in [-0.2, -0.15) is 17.7 Å². The first-order valence-corrected chi connectivity index (χ1v) is 4.23. The van der Waals surface area contributed by atoms with Crippen LogP contribution in [0.1, 0.15) is 12.1 Å². The second-order valence-corrected chi connectivity index (χ2v) is 2.74. The fourth-order valence-electron chi connectivity index (χ4n) is 0.826. The van der Waals surface area contributed by atoms with E-state index in [9.17, 15) is 0 Å². The number of rotatable bonds is 3. The maximum atomic E-state index is 4.10. The minimum atomic E-state index is 0.897. The van der Waals surface area contributed by atoms with Crippen LogP contribution < -0.4 is 0 Å². The highest BCUT2D eigenvalue weighted by atomic mass is 32.1. The number of allylic oxidation sites excluding steroid dienone is 1. The molecule has 0 bridgehead atoms. The van der Waals surface area contributed by atoms with Gasteiger partial charge in [-0.25, -0.2) is 0 Å². The summed E-state index contributed by atoms with van der Waals surface area (Å²) in [4.78, 5) is 0. The molecule has 0 aliphatic carbocycles. The Hall–Kier alpha value is -0.700. The summed E-state index contributed by atoms with van der Waals surface area (Å²) in [6.07, 6.45) is 6.96. The molecule has 0 unspecified atom stereocenters. The van der Waals surface area contributed by atoms with Crippen LogP contribution in [0, 0.1) is 0 Å². The Labute approximate surface area is 72.3 Å². The Morgan fingerprint density at radius 1 is 1.73 bits per heavy atom. The van der Waals surface area contributed by atoms with Crippen molar-refractivity contribution in [3.63, 3.8) is 0 Å². The van der Waals surface area contributed by atoms with E-state index < -0.39 is 0 Å². The quantitative estimate of drug-likeness (QED) is 0.681. The van der Waals surface area contributed by atoms with Crippen molar-refractivity contribution in [2.45, 2.75) is 6.42 Å². The first-order chi connectivity index (χ1) is 5.34.